The number of hydrogen-bond acceptors (Lipinski definition) is 8. The van der Waals surface area contributed by atoms with E-state index >= 15 is 0 Å². The number of aliphatic hydroxyl groups is 1. The van der Waals surface area contributed by atoms with Gasteiger partial charge in [0, 0.05) is 0 Å². The molecule has 0 radical (unpaired) electrons. The SMILES string of the molecule is COC(=O)c1sc(N2C(=O)C(O)=C(C(=O)C=Cc3ccccc3)C2c2cccc(OCCC(C)C)c2)nc1C. The molecule has 1 atom stereocenters. The molecule has 1 N–H and O–H groups in total. The van der Waals surface area contributed by atoms with Crippen LogP contribution >= 0.6 is 11.3 Å². The van der Waals surface area contributed by atoms with Gasteiger partial charge in [-0.1, -0.05) is 73.7 Å². The van der Waals surface area contributed by atoms with Crippen molar-refractivity contribution in [3.63, 3.8) is 0 Å². The van der Waals surface area contributed by atoms with Crippen molar-refractivity contribution in [2.75, 3.05) is 18.6 Å². The summed E-state index contributed by atoms with van der Waals surface area (Å²) >= 11 is 0.960. The number of benzene rings is 2. The van der Waals surface area contributed by atoms with E-state index in [1.807, 2.05) is 30.3 Å². The van der Waals surface area contributed by atoms with Crippen molar-refractivity contribution in [2.24, 2.45) is 5.92 Å². The number of aromatic nitrogens is 1. The number of hydrogen-bond donors (Lipinski definition) is 1. The Morgan fingerprint density at radius 1 is 1.15 bits per heavy atom. The summed E-state index contributed by atoms with van der Waals surface area (Å²) in [4.78, 5) is 45.1. The maximum Gasteiger partial charge on any atom is 0.350 e. The highest BCUT2D eigenvalue weighted by Gasteiger charge is 2.45. The van der Waals surface area contributed by atoms with Crippen LogP contribution in [0.5, 0.6) is 5.75 Å². The van der Waals surface area contributed by atoms with Gasteiger partial charge in [0.2, 0.25) is 0 Å². The molecular weight excluding hydrogens is 516 g/mol. The van der Waals surface area contributed by atoms with E-state index in [4.69, 9.17) is 9.47 Å². The van der Waals surface area contributed by atoms with E-state index in [0.717, 1.165) is 23.3 Å². The van der Waals surface area contributed by atoms with Crippen molar-refractivity contribution in [1.29, 1.82) is 0 Å². The minimum absolute atomic E-state index is 0.0843. The Bertz CT molecular complexity index is 1440. The third kappa shape index (κ3) is 6.09. The van der Waals surface area contributed by atoms with E-state index in [0.29, 0.717) is 29.5 Å². The highest BCUT2D eigenvalue weighted by Crippen LogP contribution is 2.43. The van der Waals surface area contributed by atoms with Crippen molar-refractivity contribution >= 4 is 40.2 Å². The number of carbonyl (C=O) groups excluding carboxylic acids is 3. The van der Waals surface area contributed by atoms with Crippen LogP contribution in [0.15, 0.2) is 72.0 Å². The molecule has 0 saturated heterocycles. The van der Waals surface area contributed by atoms with Gasteiger partial charge in [-0.25, -0.2) is 9.78 Å². The van der Waals surface area contributed by atoms with E-state index in [1.54, 1.807) is 37.3 Å². The third-order valence-corrected chi connectivity index (χ3v) is 7.34. The summed E-state index contributed by atoms with van der Waals surface area (Å²) < 4.78 is 10.8. The van der Waals surface area contributed by atoms with Crippen molar-refractivity contribution in [1.82, 2.24) is 4.98 Å². The molecule has 3 aromatic rings. The number of allylic oxidation sites excluding steroid dienone is 1. The van der Waals surface area contributed by atoms with Gasteiger partial charge >= 0.3 is 5.97 Å². The molecule has 0 spiro atoms. The van der Waals surface area contributed by atoms with Crippen LogP contribution in [0.4, 0.5) is 5.13 Å². The van der Waals surface area contributed by atoms with Crippen LogP contribution in [0.1, 0.15) is 52.8 Å². The lowest BCUT2D eigenvalue weighted by Gasteiger charge is -2.24. The van der Waals surface area contributed by atoms with Crippen LogP contribution in [-0.4, -0.2) is 41.5 Å². The summed E-state index contributed by atoms with van der Waals surface area (Å²) in [5.41, 5.74) is 1.64. The number of ether oxygens (including phenoxy) is 2. The lowest BCUT2D eigenvalue weighted by molar-refractivity contribution is -0.117. The topological polar surface area (TPSA) is 106 Å². The maximum atomic E-state index is 13.5. The van der Waals surface area contributed by atoms with Crippen molar-refractivity contribution in [3.8, 4) is 5.75 Å². The van der Waals surface area contributed by atoms with Gasteiger partial charge in [0.25, 0.3) is 5.91 Å². The number of nitrogens with zero attached hydrogens (tertiary/aromatic N) is 2. The molecule has 2 aromatic carbocycles. The monoisotopic (exact) mass is 546 g/mol. The fourth-order valence-corrected chi connectivity index (χ4v) is 5.16. The minimum Gasteiger partial charge on any atom is -0.503 e. The number of amides is 1. The minimum atomic E-state index is -0.991. The summed E-state index contributed by atoms with van der Waals surface area (Å²) in [7, 11) is 1.26. The molecular formula is C30H30N2O6S. The van der Waals surface area contributed by atoms with Gasteiger partial charge in [-0.3, -0.25) is 14.5 Å². The van der Waals surface area contributed by atoms with Crippen LogP contribution in [0.2, 0.25) is 0 Å². The van der Waals surface area contributed by atoms with Crippen molar-refractivity contribution in [2.45, 2.75) is 33.2 Å². The van der Waals surface area contributed by atoms with Crippen molar-refractivity contribution < 1.29 is 29.0 Å². The maximum absolute atomic E-state index is 13.5. The Morgan fingerprint density at radius 3 is 2.59 bits per heavy atom. The van der Waals surface area contributed by atoms with E-state index in [9.17, 15) is 19.5 Å². The normalized spacial score (nSPS) is 15.5. The lowest BCUT2D eigenvalue weighted by atomic mass is 9.95. The van der Waals surface area contributed by atoms with Crippen LogP contribution < -0.4 is 9.64 Å². The first-order chi connectivity index (χ1) is 18.7. The molecule has 0 fully saturated rings. The Balaban J connectivity index is 1.77. The van der Waals surface area contributed by atoms with Gasteiger partial charge in [-0.05, 0) is 48.6 Å². The molecule has 9 heteroatoms. The van der Waals surface area contributed by atoms with Crippen LogP contribution in [-0.2, 0) is 14.3 Å². The first-order valence-corrected chi connectivity index (χ1v) is 13.4. The molecule has 0 bridgehead atoms. The molecule has 1 aromatic heterocycles. The second-order valence-corrected chi connectivity index (χ2v) is 10.4. The van der Waals surface area contributed by atoms with Crippen LogP contribution in [0, 0.1) is 12.8 Å². The summed E-state index contributed by atoms with van der Waals surface area (Å²) in [6.07, 6.45) is 3.82. The number of ketones is 1. The third-order valence-electron chi connectivity index (χ3n) is 6.20. The number of rotatable bonds is 10. The number of carbonyl (C=O) groups is 3. The van der Waals surface area contributed by atoms with E-state index < -0.39 is 29.5 Å². The Labute approximate surface area is 231 Å². The van der Waals surface area contributed by atoms with E-state index in [2.05, 4.69) is 18.8 Å². The standard InChI is InChI=1S/C30H30N2O6S/c1-18(2)15-16-38-22-12-8-11-21(17-22)25-24(23(33)14-13-20-9-6-5-7-10-20)26(34)28(35)32(25)30-31-19(3)27(39-30)29(36)37-4/h5-14,17-18,25,34H,15-16H2,1-4H3. The first-order valence-electron chi connectivity index (χ1n) is 12.5. The number of esters is 1. The zero-order valence-corrected chi connectivity index (χ0v) is 23.0. The molecule has 4 rings (SSSR count). The molecule has 39 heavy (non-hydrogen) atoms. The smallest absolute Gasteiger partial charge is 0.350 e. The molecule has 1 aliphatic heterocycles. The molecule has 0 aliphatic carbocycles. The second kappa shape index (κ2) is 12.1. The largest absolute Gasteiger partial charge is 0.503 e. The summed E-state index contributed by atoms with van der Waals surface area (Å²) in [5.74, 6) is -1.52. The summed E-state index contributed by atoms with van der Waals surface area (Å²) in [6.45, 7) is 6.35. The van der Waals surface area contributed by atoms with Gasteiger partial charge in [-0.15, -0.1) is 0 Å². The fraction of sp³-hybridized carbons (Fsp3) is 0.267. The Morgan fingerprint density at radius 2 is 1.90 bits per heavy atom. The van der Waals surface area contributed by atoms with E-state index in [-0.39, 0.29) is 15.6 Å². The molecule has 1 amide bonds. The summed E-state index contributed by atoms with van der Waals surface area (Å²) in [6, 6.07) is 15.3. The van der Waals surface area contributed by atoms with Crippen LogP contribution in [0.25, 0.3) is 6.08 Å². The predicted molar refractivity (Wildman–Crippen MR) is 150 cm³/mol. The first kappa shape index (κ1) is 27.8. The van der Waals surface area contributed by atoms with Gasteiger partial charge < -0.3 is 14.6 Å². The molecule has 202 valence electrons. The molecule has 1 aliphatic rings. The van der Waals surface area contributed by atoms with E-state index in [1.165, 1.54) is 18.1 Å². The number of aliphatic hydroxyl groups excluding tert-OH is 1. The number of aryl methyl sites for hydroxylation is 1. The molecule has 8 nitrogen and oxygen atoms in total. The van der Waals surface area contributed by atoms with Gasteiger partial charge in [0.15, 0.2) is 16.7 Å². The molecule has 2 heterocycles. The quantitative estimate of drug-likeness (QED) is 0.251. The number of methoxy groups -OCH3 is 1. The predicted octanol–water partition coefficient (Wildman–Crippen LogP) is 5.85. The summed E-state index contributed by atoms with van der Waals surface area (Å²) in [5, 5.41) is 11.1. The van der Waals surface area contributed by atoms with Gasteiger partial charge in [-0.2, -0.15) is 0 Å². The zero-order chi connectivity index (χ0) is 28.1. The highest BCUT2D eigenvalue weighted by atomic mass is 32.1. The average molecular weight is 547 g/mol. The second-order valence-electron chi connectivity index (χ2n) is 9.45. The Kier molecular flexibility index (Phi) is 8.61. The van der Waals surface area contributed by atoms with Crippen LogP contribution in [0.3, 0.4) is 0 Å². The number of anilines is 1. The molecule has 0 saturated carbocycles. The fourth-order valence-electron chi connectivity index (χ4n) is 4.15. The Hall–Kier alpha value is -4.24. The lowest BCUT2D eigenvalue weighted by Crippen LogP contribution is -2.30. The average Bonchev–Trinajstić information content (AvgIpc) is 3.43. The van der Waals surface area contributed by atoms with Gasteiger partial charge in [0.05, 0.1) is 31.0 Å². The number of thiazole rings is 1. The molecule has 1 unspecified atom stereocenters. The zero-order valence-electron chi connectivity index (χ0n) is 22.2. The highest BCUT2D eigenvalue weighted by molar-refractivity contribution is 7.17. The van der Waals surface area contributed by atoms with Crippen molar-refractivity contribution in [3.05, 3.63) is 93.7 Å². The van der Waals surface area contributed by atoms with Gasteiger partial charge in [0.1, 0.15) is 10.6 Å².